The van der Waals surface area contributed by atoms with Crippen LogP contribution in [0.25, 0.3) is 0 Å². The van der Waals surface area contributed by atoms with Crippen molar-refractivity contribution in [2.75, 3.05) is 11.4 Å². The van der Waals surface area contributed by atoms with Gasteiger partial charge >= 0.3 is 0 Å². The third kappa shape index (κ3) is 2.00. The summed E-state index contributed by atoms with van der Waals surface area (Å²) in [6.07, 6.45) is 0.346. The number of hydrogen-bond donors (Lipinski definition) is 0. The molecule has 1 aliphatic rings. The highest BCUT2D eigenvalue weighted by Gasteiger charge is 2.33. The van der Waals surface area contributed by atoms with Gasteiger partial charge in [0.2, 0.25) is 0 Å². The largest absolute Gasteiger partial charge is 0.363 e. The Hall–Kier alpha value is -1.45. The maximum Gasteiger partial charge on any atom is 0.152 e. The van der Waals surface area contributed by atoms with Gasteiger partial charge in [0.1, 0.15) is 17.3 Å². The van der Waals surface area contributed by atoms with Gasteiger partial charge in [-0.3, -0.25) is 4.79 Å². The van der Waals surface area contributed by atoms with E-state index in [0.29, 0.717) is 18.5 Å². The van der Waals surface area contributed by atoms with Crippen LogP contribution in [0.15, 0.2) is 12.1 Å². The summed E-state index contributed by atoms with van der Waals surface area (Å²) in [5, 5.41) is 0. The quantitative estimate of drug-likeness (QED) is 0.766. The fourth-order valence-electron chi connectivity index (χ4n) is 2.42. The fourth-order valence-corrected chi connectivity index (χ4v) is 2.42. The molecule has 2 nitrogen and oxygen atoms in total. The van der Waals surface area contributed by atoms with E-state index in [2.05, 4.69) is 0 Å². The number of carbonyl (C=O) groups is 1. The lowest BCUT2D eigenvalue weighted by Gasteiger charge is -2.39. The monoisotopic (exact) mass is 253 g/mol. The number of benzene rings is 1. The van der Waals surface area contributed by atoms with Gasteiger partial charge < -0.3 is 4.90 Å². The molecular formula is C14H17F2NO. The average Bonchev–Trinajstić information content (AvgIpc) is 2.34. The maximum atomic E-state index is 14.1. The van der Waals surface area contributed by atoms with Crippen molar-refractivity contribution in [2.45, 2.75) is 33.2 Å². The number of carbonyl (C=O) groups excluding carboxylic acids is 1. The van der Waals surface area contributed by atoms with E-state index >= 15 is 0 Å². The molecule has 0 aliphatic carbocycles. The second kappa shape index (κ2) is 4.67. The topological polar surface area (TPSA) is 20.3 Å². The Balaban J connectivity index is 2.43. The molecule has 0 radical (unpaired) electrons. The summed E-state index contributed by atoms with van der Waals surface area (Å²) in [5.74, 6) is -1.12. The Morgan fingerprint density at radius 1 is 1.28 bits per heavy atom. The predicted molar refractivity (Wildman–Crippen MR) is 66.7 cm³/mol. The van der Waals surface area contributed by atoms with E-state index in [4.69, 9.17) is 0 Å². The van der Waals surface area contributed by atoms with Crippen molar-refractivity contribution in [3.63, 3.8) is 0 Å². The van der Waals surface area contributed by atoms with Gasteiger partial charge in [0.05, 0.1) is 0 Å². The van der Waals surface area contributed by atoms with Gasteiger partial charge in [0.25, 0.3) is 0 Å². The van der Waals surface area contributed by atoms with Crippen LogP contribution in [0, 0.1) is 24.5 Å². The number of Topliss-reactive ketones (excluding diaryl/α,β-unsaturated/α-hetero) is 1. The van der Waals surface area contributed by atoms with Gasteiger partial charge in [-0.25, -0.2) is 8.78 Å². The highest BCUT2D eigenvalue weighted by molar-refractivity contribution is 5.84. The molecule has 4 heteroatoms. The smallest absolute Gasteiger partial charge is 0.152 e. The van der Waals surface area contributed by atoms with Gasteiger partial charge in [-0.2, -0.15) is 0 Å². The normalized spacial score (nSPS) is 24.5. The molecule has 0 aromatic heterocycles. The van der Waals surface area contributed by atoms with Gasteiger partial charge in [-0.1, -0.05) is 13.0 Å². The first kappa shape index (κ1) is 13.0. The van der Waals surface area contributed by atoms with Gasteiger partial charge in [0, 0.05) is 24.9 Å². The van der Waals surface area contributed by atoms with Crippen molar-refractivity contribution in [1.29, 1.82) is 0 Å². The summed E-state index contributed by atoms with van der Waals surface area (Å²) in [7, 11) is 0. The van der Waals surface area contributed by atoms with E-state index in [-0.39, 0.29) is 23.4 Å². The molecule has 1 saturated heterocycles. The van der Waals surface area contributed by atoms with E-state index in [0.717, 1.165) is 0 Å². The molecule has 1 aromatic rings. The lowest BCUT2D eigenvalue weighted by Crippen LogP contribution is -2.47. The third-order valence-electron chi connectivity index (χ3n) is 3.87. The molecule has 0 N–H and O–H groups in total. The van der Waals surface area contributed by atoms with E-state index < -0.39 is 11.6 Å². The summed E-state index contributed by atoms with van der Waals surface area (Å²) in [4.78, 5) is 13.3. The van der Waals surface area contributed by atoms with Crippen LogP contribution in [0.5, 0.6) is 0 Å². The first-order chi connectivity index (χ1) is 8.43. The minimum atomic E-state index is -0.563. The van der Waals surface area contributed by atoms with Crippen LogP contribution >= 0.6 is 0 Å². The molecule has 1 heterocycles. The molecular weight excluding hydrogens is 236 g/mol. The number of anilines is 1. The van der Waals surface area contributed by atoms with Crippen LogP contribution < -0.4 is 4.90 Å². The number of piperidine rings is 1. The summed E-state index contributed by atoms with van der Waals surface area (Å²) in [6.45, 7) is 5.64. The van der Waals surface area contributed by atoms with E-state index in [1.54, 1.807) is 11.8 Å². The zero-order valence-electron chi connectivity index (χ0n) is 10.8. The molecule has 0 saturated carbocycles. The van der Waals surface area contributed by atoms with Crippen molar-refractivity contribution in [1.82, 2.24) is 0 Å². The maximum absolute atomic E-state index is 14.1. The summed E-state index contributed by atoms with van der Waals surface area (Å²) < 4.78 is 27.9. The first-order valence-electron chi connectivity index (χ1n) is 6.17. The van der Waals surface area contributed by atoms with Gasteiger partial charge in [0.15, 0.2) is 5.82 Å². The Labute approximate surface area is 106 Å². The van der Waals surface area contributed by atoms with Crippen LogP contribution in [0.4, 0.5) is 14.5 Å². The lowest BCUT2D eigenvalue weighted by molar-refractivity contribution is -0.123. The average molecular weight is 253 g/mol. The highest BCUT2D eigenvalue weighted by Crippen LogP contribution is 2.32. The van der Waals surface area contributed by atoms with Crippen molar-refractivity contribution in [3.05, 3.63) is 29.3 Å². The zero-order valence-corrected chi connectivity index (χ0v) is 10.8. The summed E-state index contributed by atoms with van der Waals surface area (Å²) in [5.41, 5.74) is 0.421. The Kier molecular flexibility index (Phi) is 3.37. The fraction of sp³-hybridized carbons (Fsp3) is 0.500. The van der Waals surface area contributed by atoms with Crippen molar-refractivity contribution >= 4 is 11.5 Å². The lowest BCUT2D eigenvalue weighted by atomic mass is 9.90. The molecule has 2 unspecified atom stereocenters. The van der Waals surface area contributed by atoms with Crippen molar-refractivity contribution in [2.24, 2.45) is 5.92 Å². The molecule has 18 heavy (non-hydrogen) atoms. The van der Waals surface area contributed by atoms with Crippen LogP contribution in [-0.4, -0.2) is 18.4 Å². The SMILES string of the molecule is Cc1ccc(F)c(N2CCC(=O)C(C)C2C)c1F. The summed E-state index contributed by atoms with van der Waals surface area (Å²) >= 11 is 0. The van der Waals surface area contributed by atoms with Crippen LogP contribution in [-0.2, 0) is 4.79 Å². The van der Waals surface area contributed by atoms with E-state index in [9.17, 15) is 13.6 Å². The molecule has 1 fully saturated rings. The second-order valence-electron chi connectivity index (χ2n) is 4.97. The number of aryl methyl sites for hydroxylation is 1. The molecule has 2 rings (SSSR count). The molecule has 1 aromatic carbocycles. The Morgan fingerprint density at radius 3 is 2.61 bits per heavy atom. The van der Waals surface area contributed by atoms with Crippen LogP contribution in [0.2, 0.25) is 0 Å². The molecule has 2 atom stereocenters. The Morgan fingerprint density at radius 2 is 1.94 bits per heavy atom. The summed E-state index contributed by atoms with van der Waals surface area (Å²) in [6, 6.07) is 2.52. The number of nitrogens with zero attached hydrogens (tertiary/aromatic N) is 1. The van der Waals surface area contributed by atoms with Crippen molar-refractivity contribution < 1.29 is 13.6 Å². The van der Waals surface area contributed by atoms with Crippen LogP contribution in [0.1, 0.15) is 25.8 Å². The highest BCUT2D eigenvalue weighted by atomic mass is 19.1. The molecule has 0 amide bonds. The molecule has 1 aliphatic heterocycles. The van der Waals surface area contributed by atoms with Crippen molar-refractivity contribution in [3.8, 4) is 0 Å². The number of halogens is 2. The number of hydrogen-bond acceptors (Lipinski definition) is 2. The predicted octanol–water partition coefficient (Wildman–Crippen LogP) is 3.08. The Bertz CT molecular complexity index is 487. The van der Waals surface area contributed by atoms with E-state index in [1.807, 2.05) is 13.8 Å². The standard InChI is InChI=1S/C14H17F2NO/c1-8-4-5-11(15)14(13(8)16)17-7-6-12(18)9(2)10(17)3/h4-5,9-10H,6-7H2,1-3H3. The molecule has 0 spiro atoms. The first-order valence-corrected chi connectivity index (χ1v) is 6.17. The zero-order chi connectivity index (χ0) is 13.4. The number of ketones is 1. The molecule has 0 bridgehead atoms. The second-order valence-corrected chi connectivity index (χ2v) is 4.97. The van der Waals surface area contributed by atoms with Crippen LogP contribution in [0.3, 0.4) is 0 Å². The third-order valence-corrected chi connectivity index (χ3v) is 3.87. The molecule has 98 valence electrons. The van der Waals surface area contributed by atoms with Gasteiger partial charge in [-0.15, -0.1) is 0 Å². The number of rotatable bonds is 1. The van der Waals surface area contributed by atoms with E-state index in [1.165, 1.54) is 12.1 Å². The van der Waals surface area contributed by atoms with Gasteiger partial charge in [-0.05, 0) is 25.5 Å². The minimum absolute atomic E-state index is 0.00171. The minimum Gasteiger partial charge on any atom is -0.363 e.